The average molecular weight is 1090 g/mol. The molecule has 14 nitrogen and oxygen atoms in total. The van der Waals surface area contributed by atoms with Gasteiger partial charge in [-0.05, 0) is 84.3 Å². The molecule has 0 fully saturated rings. The summed E-state index contributed by atoms with van der Waals surface area (Å²) < 4.78 is 22.8. The summed E-state index contributed by atoms with van der Waals surface area (Å²) in [5, 5.41) is 29.5. The zero-order valence-electron chi connectivity index (χ0n) is 45.8. The third-order valence-electron chi connectivity index (χ3n) is 13.5. The molecule has 0 aliphatic rings. The van der Waals surface area contributed by atoms with Crippen molar-refractivity contribution >= 4 is 51.2 Å². The van der Waals surface area contributed by atoms with Crippen LogP contribution >= 0.6 is 0 Å². The number of ether oxygens (including phenoxy) is 4. The molecule has 0 atom stereocenters. The van der Waals surface area contributed by atoms with E-state index < -0.39 is 37.0 Å². The molecule has 0 unspecified atom stereocenters. The zero-order valence-corrected chi connectivity index (χ0v) is 45.8. The van der Waals surface area contributed by atoms with Crippen molar-refractivity contribution < 1.29 is 53.1 Å². The number of rotatable bonds is 28. The molecule has 0 aliphatic carbocycles. The summed E-state index contributed by atoms with van der Waals surface area (Å²) in [6.07, 6.45) is 13.9. The number of aromatic hydroxyl groups is 2. The van der Waals surface area contributed by atoms with Crippen LogP contribution in [-0.4, -0.2) is 66.2 Å². The molecular weight excluding hydrogens is 1020 g/mol. The molecule has 0 aliphatic heterocycles. The molecule has 0 heterocycles. The zero-order chi connectivity index (χ0) is 57.2. The first kappa shape index (κ1) is 59.5. The summed E-state index contributed by atoms with van der Waals surface area (Å²) >= 11 is 0. The van der Waals surface area contributed by atoms with Gasteiger partial charge in [0.1, 0.15) is 34.5 Å². The van der Waals surface area contributed by atoms with E-state index in [0.29, 0.717) is 71.8 Å². The third-order valence-corrected chi connectivity index (χ3v) is 13.5. The van der Waals surface area contributed by atoms with E-state index in [9.17, 15) is 34.2 Å². The molecule has 420 valence electrons. The maximum absolute atomic E-state index is 13.1. The fraction of sp³-hybridized carbons (Fsp3) is 0.269. The fourth-order valence-corrected chi connectivity index (χ4v) is 9.15. The van der Waals surface area contributed by atoms with Crippen molar-refractivity contribution in [2.24, 2.45) is 5.73 Å². The van der Waals surface area contributed by atoms with Gasteiger partial charge >= 0.3 is 11.9 Å². The summed E-state index contributed by atoms with van der Waals surface area (Å²) in [4.78, 5) is 62.5. The van der Waals surface area contributed by atoms with Crippen LogP contribution in [0.1, 0.15) is 114 Å². The minimum atomic E-state index is -0.659. The van der Waals surface area contributed by atoms with Crippen LogP contribution in [0.25, 0.3) is 21.5 Å². The van der Waals surface area contributed by atoms with E-state index in [1.54, 1.807) is 72.8 Å². The van der Waals surface area contributed by atoms with Crippen molar-refractivity contribution in [3.63, 3.8) is 0 Å². The monoisotopic (exact) mass is 1090 g/mol. The molecule has 3 amide bonds. The first-order chi connectivity index (χ1) is 39.4. The van der Waals surface area contributed by atoms with Crippen molar-refractivity contribution in [3.8, 4) is 34.5 Å². The van der Waals surface area contributed by atoms with Gasteiger partial charge in [-0.2, -0.15) is 0 Å². The Balaban J connectivity index is 0.000000596. The third kappa shape index (κ3) is 18.7. The van der Waals surface area contributed by atoms with Crippen molar-refractivity contribution in [1.82, 2.24) is 10.6 Å². The topological polar surface area (TPSA) is 213 Å². The summed E-state index contributed by atoms with van der Waals surface area (Å²) in [6.45, 7) is 2.07. The van der Waals surface area contributed by atoms with Gasteiger partial charge in [0.25, 0.3) is 11.8 Å². The van der Waals surface area contributed by atoms with Crippen molar-refractivity contribution in [1.29, 1.82) is 0 Å². The molecular formula is C67H71N3O11. The predicted octanol–water partition coefficient (Wildman–Crippen LogP) is 12.3. The Bertz CT molecular complexity index is 3130. The highest BCUT2D eigenvalue weighted by atomic mass is 16.6. The number of carbonyl (C=O) groups excluding carboxylic acids is 5. The lowest BCUT2D eigenvalue weighted by molar-refractivity contribution is -0.137. The number of primary amides is 1. The van der Waals surface area contributed by atoms with Gasteiger partial charge in [0.05, 0.1) is 11.1 Å². The van der Waals surface area contributed by atoms with Gasteiger partial charge in [0, 0.05) is 41.1 Å². The summed E-state index contributed by atoms with van der Waals surface area (Å²) in [5.74, 6) is -1.66. The first-order valence-electron chi connectivity index (χ1n) is 27.7. The molecule has 0 aromatic heterocycles. The van der Waals surface area contributed by atoms with Crippen LogP contribution in [0.15, 0.2) is 170 Å². The van der Waals surface area contributed by atoms with Gasteiger partial charge in [-0.1, -0.05) is 192 Å². The maximum Gasteiger partial charge on any atom is 0.349 e. The second-order valence-corrected chi connectivity index (χ2v) is 19.7. The Labute approximate surface area is 473 Å². The summed E-state index contributed by atoms with van der Waals surface area (Å²) in [7, 11) is 0. The van der Waals surface area contributed by atoms with E-state index in [1.807, 2.05) is 84.9 Å². The summed E-state index contributed by atoms with van der Waals surface area (Å²) in [5.41, 5.74) is 9.11. The molecule has 8 aromatic rings. The van der Waals surface area contributed by atoms with Crippen molar-refractivity contribution in [2.75, 3.05) is 26.3 Å². The number of amides is 3. The SMILES string of the molecule is CCCCCCCCCCCC(N)=O.O=C(COc1cc(C(=O)NCCc2ccccc2)c(O)c2ccccc12)Oc1ccc(Cc2ccc(OC(=O)COc3cc(C(=O)NCCc4ccccc4)c(O)c4ccccc34)cc2)cc1. The first-order valence-corrected chi connectivity index (χ1v) is 27.7. The fourth-order valence-electron chi connectivity index (χ4n) is 9.15. The molecule has 0 radical (unpaired) electrons. The van der Waals surface area contributed by atoms with E-state index in [4.69, 9.17) is 24.7 Å². The van der Waals surface area contributed by atoms with Gasteiger partial charge in [0.2, 0.25) is 5.91 Å². The Kier molecular flexibility index (Phi) is 23.1. The lowest BCUT2D eigenvalue weighted by Crippen LogP contribution is -2.26. The van der Waals surface area contributed by atoms with Crippen LogP contribution in [0, 0.1) is 0 Å². The van der Waals surface area contributed by atoms with E-state index >= 15 is 0 Å². The van der Waals surface area contributed by atoms with Crippen LogP contribution in [0.3, 0.4) is 0 Å². The van der Waals surface area contributed by atoms with Crippen LogP contribution in [-0.2, 0) is 33.6 Å². The second kappa shape index (κ2) is 31.4. The van der Waals surface area contributed by atoms with Gasteiger partial charge in [-0.15, -0.1) is 0 Å². The van der Waals surface area contributed by atoms with Crippen LogP contribution in [0.5, 0.6) is 34.5 Å². The smallest absolute Gasteiger partial charge is 0.349 e. The Hall–Kier alpha value is -9.17. The molecule has 14 heteroatoms. The molecule has 0 saturated carbocycles. The number of hydrogen-bond acceptors (Lipinski definition) is 11. The number of fused-ring (bicyclic) bond motifs is 2. The minimum Gasteiger partial charge on any atom is -0.506 e. The molecule has 0 spiro atoms. The molecule has 6 N–H and O–H groups in total. The van der Waals surface area contributed by atoms with Gasteiger partial charge in [0.15, 0.2) is 13.2 Å². The second-order valence-electron chi connectivity index (χ2n) is 19.7. The van der Waals surface area contributed by atoms with Gasteiger partial charge in [-0.3, -0.25) is 14.4 Å². The molecule has 0 bridgehead atoms. The van der Waals surface area contributed by atoms with E-state index in [0.717, 1.165) is 35.1 Å². The molecule has 8 aromatic carbocycles. The Morgan fingerprint density at radius 2 is 0.815 bits per heavy atom. The lowest BCUT2D eigenvalue weighted by Gasteiger charge is -2.14. The Morgan fingerprint density at radius 3 is 1.21 bits per heavy atom. The highest BCUT2D eigenvalue weighted by molar-refractivity contribution is 6.07. The number of nitrogens with one attached hydrogen (secondary N) is 2. The van der Waals surface area contributed by atoms with Crippen molar-refractivity contribution in [2.45, 2.75) is 90.4 Å². The predicted molar refractivity (Wildman–Crippen MR) is 315 cm³/mol. The van der Waals surface area contributed by atoms with Crippen LogP contribution in [0.4, 0.5) is 0 Å². The van der Waals surface area contributed by atoms with Crippen molar-refractivity contribution in [3.05, 3.63) is 203 Å². The maximum atomic E-state index is 13.1. The quantitative estimate of drug-likeness (QED) is 0.0177. The largest absolute Gasteiger partial charge is 0.506 e. The molecule has 81 heavy (non-hydrogen) atoms. The van der Waals surface area contributed by atoms with Crippen LogP contribution in [0.2, 0.25) is 0 Å². The number of unbranched alkanes of at least 4 members (excludes halogenated alkanes) is 8. The van der Waals surface area contributed by atoms with Crippen LogP contribution < -0.4 is 35.3 Å². The number of hydrogen-bond donors (Lipinski definition) is 5. The standard InChI is InChI=1S/C55H46N2O10.C12H25NO/c58-50(34-64-48-32-46(52(60)44-17-9-7-15-42(44)48)54(62)56-29-27-36-11-3-1-4-12-36)66-40-23-19-38(20-24-40)31-39-21-25-41(26-22-39)67-51(59)35-65-49-33-47(53(61)45-18-10-8-16-43(45)49)55(63)57-30-28-37-13-5-2-6-14-37;1-2-3-4-5-6-7-8-9-10-11-12(13)14/h1-26,32-33,60-61H,27-31,34-35H2,(H,56,62)(H,57,63);2-11H2,1H3,(H2,13,14). The number of nitrogens with two attached hydrogens (primary N) is 1. The minimum absolute atomic E-state index is 0.0281. The lowest BCUT2D eigenvalue weighted by atomic mass is 10.0. The number of phenols is 2. The normalized spacial score (nSPS) is 10.8. The van der Waals surface area contributed by atoms with Gasteiger partial charge < -0.3 is 45.5 Å². The average Bonchev–Trinajstić information content (AvgIpc) is 3.51. The van der Waals surface area contributed by atoms with E-state index in [1.165, 1.54) is 57.1 Å². The number of phenolic OH excluding ortho intramolecular Hbond substituents is 2. The van der Waals surface area contributed by atoms with E-state index in [2.05, 4.69) is 17.6 Å². The number of carbonyl (C=O) groups is 5. The highest BCUT2D eigenvalue weighted by Gasteiger charge is 2.21. The van der Waals surface area contributed by atoms with Gasteiger partial charge in [-0.25, -0.2) is 9.59 Å². The molecule has 0 saturated heterocycles. The number of esters is 2. The Morgan fingerprint density at radius 1 is 0.444 bits per heavy atom. The summed E-state index contributed by atoms with van der Waals surface area (Å²) in [6, 6.07) is 50.2. The number of benzene rings is 8. The highest BCUT2D eigenvalue weighted by Crippen LogP contribution is 2.37. The van der Waals surface area contributed by atoms with E-state index in [-0.39, 0.29) is 40.0 Å². The molecule has 8 rings (SSSR count).